The first-order valence-corrected chi connectivity index (χ1v) is 15.4. The molecule has 9 nitrogen and oxygen atoms in total. The number of ether oxygens (including phenoxy) is 3. The monoisotopic (exact) mass is 631 g/mol. The van der Waals surface area contributed by atoms with E-state index in [4.69, 9.17) is 19.2 Å². The van der Waals surface area contributed by atoms with Crippen LogP contribution in [0.15, 0.2) is 128 Å². The van der Waals surface area contributed by atoms with Gasteiger partial charge in [0.2, 0.25) is 0 Å². The minimum absolute atomic E-state index is 0.134. The van der Waals surface area contributed by atoms with Crippen molar-refractivity contribution in [2.24, 2.45) is 0 Å². The first-order chi connectivity index (χ1) is 23.1. The number of aliphatic hydroxyl groups is 1. The van der Waals surface area contributed by atoms with E-state index >= 15 is 4.39 Å². The molecule has 0 spiro atoms. The molecule has 1 aliphatic heterocycles. The van der Waals surface area contributed by atoms with Gasteiger partial charge in [-0.05, 0) is 34.4 Å². The molecule has 47 heavy (non-hydrogen) atoms. The minimum Gasteiger partial charge on any atom is -0.497 e. The van der Waals surface area contributed by atoms with Crippen LogP contribution in [0.25, 0.3) is 11.2 Å². The van der Waals surface area contributed by atoms with Gasteiger partial charge in [-0.1, -0.05) is 103 Å². The molecule has 2 aromatic heterocycles. The van der Waals surface area contributed by atoms with E-state index in [-0.39, 0.29) is 6.61 Å². The molecular weight excluding hydrogens is 597 g/mol. The van der Waals surface area contributed by atoms with Gasteiger partial charge in [0.15, 0.2) is 29.4 Å². The number of nitrogens with one attached hydrogen (secondary N) is 1. The van der Waals surface area contributed by atoms with E-state index in [2.05, 4.69) is 51.7 Å². The normalized spacial score (nSPS) is 19.6. The Bertz CT molecular complexity index is 1810. The van der Waals surface area contributed by atoms with Crippen molar-refractivity contribution in [2.75, 3.05) is 19.0 Å². The summed E-state index contributed by atoms with van der Waals surface area (Å²) in [6.45, 7) is -0.364. The van der Waals surface area contributed by atoms with Crippen molar-refractivity contribution in [3.8, 4) is 5.75 Å². The molecule has 0 saturated carbocycles. The van der Waals surface area contributed by atoms with Crippen molar-refractivity contribution in [3.05, 3.63) is 150 Å². The predicted molar refractivity (Wildman–Crippen MR) is 176 cm³/mol. The number of halogens is 1. The van der Waals surface area contributed by atoms with Gasteiger partial charge < -0.3 is 24.6 Å². The highest BCUT2D eigenvalue weighted by molar-refractivity contribution is 5.84. The van der Waals surface area contributed by atoms with Crippen molar-refractivity contribution in [3.63, 3.8) is 0 Å². The van der Waals surface area contributed by atoms with Crippen LogP contribution in [0.4, 0.5) is 10.2 Å². The zero-order chi connectivity index (χ0) is 32.2. The fourth-order valence-electron chi connectivity index (χ4n) is 6.24. The van der Waals surface area contributed by atoms with Crippen LogP contribution in [0.2, 0.25) is 0 Å². The molecule has 1 fully saturated rings. The lowest BCUT2D eigenvalue weighted by Gasteiger charge is -2.37. The molecule has 4 aromatic carbocycles. The Balaban J connectivity index is 1.29. The Hall–Kier alpha value is -5.16. The number of hydrogen-bond acceptors (Lipinski definition) is 8. The van der Waals surface area contributed by atoms with Gasteiger partial charge in [-0.3, -0.25) is 4.57 Å². The van der Waals surface area contributed by atoms with Gasteiger partial charge in [0.1, 0.15) is 29.8 Å². The number of alkyl halides is 1. The highest BCUT2D eigenvalue weighted by atomic mass is 19.1. The van der Waals surface area contributed by atoms with Gasteiger partial charge in [0, 0.05) is 0 Å². The highest BCUT2D eigenvalue weighted by Gasteiger charge is 2.47. The van der Waals surface area contributed by atoms with Gasteiger partial charge in [0.05, 0.1) is 26.7 Å². The summed E-state index contributed by atoms with van der Waals surface area (Å²) in [6.07, 6.45) is -1.61. The van der Waals surface area contributed by atoms with Crippen LogP contribution >= 0.6 is 0 Å². The summed E-state index contributed by atoms with van der Waals surface area (Å²) in [4.78, 5) is 13.9. The molecule has 0 aliphatic carbocycles. The molecule has 10 heteroatoms. The van der Waals surface area contributed by atoms with Crippen LogP contribution in [-0.2, 0) is 21.6 Å². The number of nitrogens with zero attached hydrogens (tertiary/aromatic N) is 4. The molecule has 0 bridgehead atoms. The van der Waals surface area contributed by atoms with Crippen LogP contribution in [0.3, 0.4) is 0 Å². The molecule has 3 heterocycles. The zero-order valence-electron chi connectivity index (χ0n) is 25.7. The Labute approximate surface area is 271 Å². The Morgan fingerprint density at radius 3 is 1.98 bits per heavy atom. The van der Waals surface area contributed by atoms with E-state index in [0.717, 1.165) is 22.3 Å². The summed E-state index contributed by atoms with van der Waals surface area (Å²) in [6, 6.07) is 37.9. The molecule has 1 saturated heterocycles. The fraction of sp³-hybridized carbons (Fsp3) is 0.216. The fourth-order valence-corrected chi connectivity index (χ4v) is 6.24. The van der Waals surface area contributed by atoms with Gasteiger partial charge in [-0.2, -0.15) is 0 Å². The molecule has 2 N–H and O–H groups in total. The first kappa shape index (κ1) is 30.5. The van der Waals surface area contributed by atoms with Crippen LogP contribution in [0, 0.1) is 0 Å². The largest absolute Gasteiger partial charge is 0.497 e. The number of hydrogen-bond donors (Lipinski definition) is 2. The summed E-state index contributed by atoms with van der Waals surface area (Å²) in [7, 11) is 1.60. The van der Waals surface area contributed by atoms with Crippen LogP contribution in [0.1, 0.15) is 28.5 Å². The SMILES string of the molecule is COc1ccc(COC2[C@@H](F)[C@@H](CO)O[C@H]2n2cnc3c(NC(c4ccccc4)(c4ccccc4)c4ccccc4)ncnc32)cc1. The molecule has 238 valence electrons. The van der Waals surface area contributed by atoms with Gasteiger partial charge >= 0.3 is 0 Å². The lowest BCUT2D eigenvalue weighted by Crippen LogP contribution is -2.38. The zero-order valence-corrected chi connectivity index (χ0v) is 25.7. The molecular formula is C37H34FN5O4. The highest BCUT2D eigenvalue weighted by Crippen LogP contribution is 2.41. The van der Waals surface area contributed by atoms with E-state index in [0.29, 0.717) is 22.7 Å². The molecule has 4 atom stereocenters. The van der Waals surface area contributed by atoms with Crippen LogP contribution in [0.5, 0.6) is 5.75 Å². The summed E-state index contributed by atoms with van der Waals surface area (Å²) in [5, 5.41) is 13.7. The second-order valence-electron chi connectivity index (χ2n) is 11.3. The third-order valence-corrected chi connectivity index (χ3v) is 8.60. The minimum atomic E-state index is -1.58. The second kappa shape index (κ2) is 13.3. The maximum absolute atomic E-state index is 15.7. The van der Waals surface area contributed by atoms with E-state index in [1.54, 1.807) is 18.0 Å². The van der Waals surface area contributed by atoms with Gasteiger partial charge in [-0.25, -0.2) is 19.3 Å². The molecule has 0 amide bonds. The van der Waals surface area contributed by atoms with E-state index in [1.807, 2.05) is 78.9 Å². The van der Waals surface area contributed by atoms with Crippen LogP contribution < -0.4 is 10.1 Å². The smallest absolute Gasteiger partial charge is 0.167 e. The third kappa shape index (κ3) is 5.71. The Kier molecular flexibility index (Phi) is 8.62. The number of imidazole rings is 1. The summed E-state index contributed by atoms with van der Waals surface area (Å²) < 4.78 is 34.7. The maximum atomic E-state index is 15.7. The molecule has 6 aromatic rings. The maximum Gasteiger partial charge on any atom is 0.167 e. The van der Waals surface area contributed by atoms with E-state index in [1.165, 1.54) is 6.33 Å². The van der Waals surface area contributed by atoms with Gasteiger partial charge in [0.25, 0.3) is 0 Å². The predicted octanol–water partition coefficient (Wildman–Crippen LogP) is 6.05. The Morgan fingerprint density at radius 2 is 1.43 bits per heavy atom. The van der Waals surface area contributed by atoms with Crippen molar-refractivity contribution in [1.82, 2.24) is 19.5 Å². The van der Waals surface area contributed by atoms with Crippen molar-refractivity contribution < 1.29 is 23.7 Å². The second-order valence-corrected chi connectivity index (χ2v) is 11.3. The summed E-state index contributed by atoms with van der Waals surface area (Å²) in [5.74, 6) is 1.19. The number of methoxy groups -OCH3 is 1. The average Bonchev–Trinajstić information content (AvgIpc) is 3.71. The topological polar surface area (TPSA) is 104 Å². The van der Waals surface area contributed by atoms with Gasteiger partial charge in [-0.15, -0.1) is 0 Å². The lowest BCUT2D eigenvalue weighted by atomic mass is 9.77. The van der Waals surface area contributed by atoms with Crippen molar-refractivity contribution in [2.45, 2.75) is 36.8 Å². The quantitative estimate of drug-likeness (QED) is 0.167. The number of aliphatic hydroxyl groups excluding tert-OH is 1. The number of fused-ring (bicyclic) bond motifs is 1. The average molecular weight is 632 g/mol. The molecule has 7 rings (SSSR count). The third-order valence-electron chi connectivity index (χ3n) is 8.60. The summed E-state index contributed by atoms with van der Waals surface area (Å²) in [5.41, 5.74) is 3.89. The molecule has 1 aliphatic rings. The van der Waals surface area contributed by atoms with Crippen LogP contribution in [-0.4, -0.2) is 56.7 Å². The lowest BCUT2D eigenvalue weighted by molar-refractivity contribution is -0.0741. The number of benzene rings is 4. The number of rotatable bonds is 11. The van der Waals surface area contributed by atoms with Crippen molar-refractivity contribution >= 4 is 17.0 Å². The molecule has 0 radical (unpaired) electrons. The first-order valence-electron chi connectivity index (χ1n) is 15.4. The molecule has 1 unspecified atom stereocenters. The Morgan fingerprint density at radius 1 is 0.830 bits per heavy atom. The van der Waals surface area contributed by atoms with E-state index in [9.17, 15) is 5.11 Å². The standard InChI is InChI=1S/C37H34FN5O4/c1-45-29-19-17-25(18-20-29)22-46-33-31(38)30(21-44)47-36(33)43-24-41-32-34(39-23-40-35(32)43)42-37(26-11-5-2-6-12-26,27-13-7-3-8-14-27)28-15-9-4-10-16-28/h2-20,23-24,30-31,33,36,44H,21-22H2,1H3,(H,39,40,42)/t30-,31+,33?,36-/m1/s1. The summed E-state index contributed by atoms with van der Waals surface area (Å²) >= 11 is 0. The number of anilines is 1. The van der Waals surface area contributed by atoms with Crippen molar-refractivity contribution in [1.29, 1.82) is 0 Å². The number of aromatic nitrogens is 4. The van der Waals surface area contributed by atoms with E-state index < -0.39 is 36.8 Å².